The highest BCUT2D eigenvalue weighted by molar-refractivity contribution is 7.93. The van der Waals surface area contributed by atoms with Crippen molar-refractivity contribution in [3.8, 4) is 5.75 Å². The van der Waals surface area contributed by atoms with Gasteiger partial charge in [-0.2, -0.15) is 0 Å². The maximum absolute atomic E-state index is 14.5. The van der Waals surface area contributed by atoms with Gasteiger partial charge in [0.2, 0.25) is 0 Å². The zero-order valence-electron chi connectivity index (χ0n) is 25.8. The zero-order valence-corrected chi connectivity index (χ0v) is 26.7. The number of phenols is 1. The number of aryl methyl sites for hydroxylation is 1. The molecule has 4 aromatic rings. The lowest BCUT2D eigenvalue weighted by atomic mass is 9.73. The number of carbonyl (C=O) groups is 1. The van der Waals surface area contributed by atoms with Crippen LogP contribution in [0.5, 0.6) is 5.75 Å². The van der Waals surface area contributed by atoms with E-state index in [1.54, 1.807) is 30.3 Å². The summed E-state index contributed by atoms with van der Waals surface area (Å²) in [6, 6.07) is 27.3. The van der Waals surface area contributed by atoms with Gasteiger partial charge in [-0.15, -0.1) is 0 Å². The van der Waals surface area contributed by atoms with Gasteiger partial charge in [-0.3, -0.25) is 4.79 Å². The molecule has 1 aliphatic rings. The van der Waals surface area contributed by atoms with Gasteiger partial charge in [-0.05, 0) is 63.8 Å². The third kappa shape index (κ3) is 5.40. The summed E-state index contributed by atoms with van der Waals surface area (Å²) in [5, 5.41) is 11.5. The smallest absolute Gasteiger partial charge is 0.268 e. The first-order valence-electron chi connectivity index (χ1n) is 14.5. The molecule has 222 valence electrons. The Morgan fingerprint density at radius 2 is 1.30 bits per heavy atom. The average molecular weight is 594 g/mol. The predicted octanol–water partition coefficient (Wildman–Crippen LogP) is 8.25. The first kappa shape index (κ1) is 30.3. The monoisotopic (exact) mass is 593 g/mol. The van der Waals surface area contributed by atoms with E-state index < -0.39 is 15.9 Å². The van der Waals surface area contributed by atoms with Crippen molar-refractivity contribution in [1.29, 1.82) is 0 Å². The number of carbonyl (C=O) groups excluding carboxylic acids is 1. The van der Waals surface area contributed by atoms with Crippen molar-refractivity contribution in [1.82, 2.24) is 0 Å². The Morgan fingerprint density at radius 1 is 0.767 bits per heavy atom. The van der Waals surface area contributed by atoms with Crippen molar-refractivity contribution in [2.45, 2.75) is 70.1 Å². The lowest BCUT2D eigenvalue weighted by molar-refractivity contribution is -0.105. The van der Waals surface area contributed by atoms with E-state index >= 15 is 0 Å². The van der Waals surface area contributed by atoms with Crippen LogP contribution in [0.15, 0.2) is 101 Å². The Balaban J connectivity index is 1.91. The van der Waals surface area contributed by atoms with Gasteiger partial charge >= 0.3 is 0 Å². The van der Waals surface area contributed by atoms with Gasteiger partial charge in [0.15, 0.2) is 0 Å². The largest absolute Gasteiger partial charge is 0.507 e. The summed E-state index contributed by atoms with van der Waals surface area (Å²) in [5.41, 5.74) is 5.00. The van der Waals surface area contributed by atoms with E-state index in [9.17, 15) is 18.3 Å². The summed E-state index contributed by atoms with van der Waals surface area (Å²) in [4.78, 5) is 13.4. The van der Waals surface area contributed by atoms with Crippen LogP contribution >= 0.6 is 0 Å². The second-order valence-corrected chi connectivity index (χ2v) is 15.1. The van der Waals surface area contributed by atoms with Crippen LogP contribution < -0.4 is 4.31 Å². The number of aromatic hydroxyl groups is 1. The zero-order chi connectivity index (χ0) is 31.3. The second kappa shape index (κ2) is 10.8. The molecule has 4 aromatic carbocycles. The number of anilines is 1. The minimum Gasteiger partial charge on any atom is -0.507 e. The lowest BCUT2D eigenvalue weighted by Gasteiger charge is -2.38. The van der Waals surface area contributed by atoms with Crippen LogP contribution in [0.1, 0.15) is 80.8 Å². The van der Waals surface area contributed by atoms with Crippen molar-refractivity contribution in [2.75, 3.05) is 4.31 Å². The fourth-order valence-electron chi connectivity index (χ4n) is 5.85. The number of fused-ring (bicyclic) bond motifs is 1. The average Bonchev–Trinajstić information content (AvgIpc) is 2.95. The quantitative estimate of drug-likeness (QED) is 0.237. The molecule has 0 aliphatic carbocycles. The minimum absolute atomic E-state index is 0.139. The molecule has 1 atom stereocenters. The maximum Gasteiger partial charge on any atom is 0.268 e. The summed E-state index contributed by atoms with van der Waals surface area (Å²) in [6.45, 7) is 14.2. The molecule has 0 saturated carbocycles. The van der Waals surface area contributed by atoms with Gasteiger partial charge in [0.1, 0.15) is 12.0 Å². The summed E-state index contributed by atoms with van der Waals surface area (Å²) >= 11 is 0. The van der Waals surface area contributed by atoms with E-state index in [1.807, 2.05) is 67.6 Å². The first-order chi connectivity index (χ1) is 20.2. The molecule has 0 fully saturated rings. The van der Waals surface area contributed by atoms with Crippen molar-refractivity contribution in [3.05, 3.63) is 130 Å². The molecule has 0 amide bonds. The summed E-state index contributed by atoms with van der Waals surface area (Å²) in [5.74, 6) is -0.326. The number of hydrogen-bond acceptors (Lipinski definition) is 4. The second-order valence-electron chi connectivity index (χ2n) is 13.3. The van der Waals surface area contributed by atoms with E-state index in [0.29, 0.717) is 28.1 Å². The molecule has 1 heterocycles. The number of nitrogens with zero attached hydrogens (tertiary/aromatic N) is 1. The van der Waals surface area contributed by atoms with E-state index in [0.717, 1.165) is 28.5 Å². The van der Waals surface area contributed by atoms with Gasteiger partial charge in [0.25, 0.3) is 10.0 Å². The molecule has 43 heavy (non-hydrogen) atoms. The van der Waals surface area contributed by atoms with Crippen LogP contribution in [-0.2, 0) is 25.6 Å². The molecular formula is C37H39NO4S. The van der Waals surface area contributed by atoms with Gasteiger partial charge < -0.3 is 5.11 Å². The van der Waals surface area contributed by atoms with Crippen LogP contribution in [-0.4, -0.2) is 19.8 Å². The fraction of sp³-hybridized carbons (Fsp3) is 0.270. The topological polar surface area (TPSA) is 74.7 Å². The molecular weight excluding hydrogens is 554 g/mol. The van der Waals surface area contributed by atoms with Crippen LogP contribution in [0.4, 0.5) is 5.69 Å². The molecule has 0 unspecified atom stereocenters. The number of sulfonamides is 1. The molecule has 0 radical (unpaired) electrons. The molecule has 5 nitrogen and oxygen atoms in total. The van der Waals surface area contributed by atoms with Gasteiger partial charge in [0, 0.05) is 11.5 Å². The number of hydrogen-bond donors (Lipinski definition) is 1. The maximum atomic E-state index is 14.5. The molecule has 0 spiro atoms. The molecule has 0 aromatic heterocycles. The molecule has 0 saturated heterocycles. The highest BCUT2D eigenvalue weighted by Crippen LogP contribution is 2.51. The third-order valence-corrected chi connectivity index (χ3v) is 9.80. The van der Waals surface area contributed by atoms with Gasteiger partial charge in [-0.1, -0.05) is 120 Å². The number of para-hydroxylation sites is 1. The van der Waals surface area contributed by atoms with Crippen molar-refractivity contribution >= 4 is 27.7 Å². The Morgan fingerprint density at radius 3 is 1.84 bits per heavy atom. The first-order valence-corrected chi connectivity index (χ1v) is 15.9. The van der Waals surface area contributed by atoms with E-state index in [2.05, 4.69) is 41.5 Å². The van der Waals surface area contributed by atoms with Crippen molar-refractivity contribution < 1.29 is 18.3 Å². The van der Waals surface area contributed by atoms with Crippen molar-refractivity contribution in [2.24, 2.45) is 0 Å². The molecule has 1 aliphatic heterocycles. The van der Waals surface area contributed by atoms with Crippen molar-refractivity contribution in [3.63, 3.8) is 0 Å². The van der Waals surface area contributed by atoms with E-state index in [1.165, 1.54) is 4.31 Å². The molecule has 0 bridgehead atoms. The minimum atomic E-state index is -4.13. The van der Waals surface area contributed by atoms with E-state index in [-0.39, 0.29) is 21.5 Å². The summed E-state index contributed by atoms with van der Waals surface area (Å²) in [6.07, 6.45) is 0.793. The lowest BCUT2D eigenvalue weighted by Crippen LogP contribution is -2.35. The summed E-state index contributed by atoms with van der Waals surface area (Å²) < 4.78 is 30.3. The van der Waals surface area contributed by atoms with Crippen LogP contribution in [0.2, 0.25) is 0 Å². The van der Waals surface area contributed by atoms with Crippen LogP contribution in [0, 0.1) is 6.92 Å². The Labute approximate surface area is 255 Å². The van der Waals surface area contributed by atoms with Crippen LogP contribution in [0.25, 0.3) is 5.70 Å². The highest BCUT2D eigenvalue weighted by Gasteiger charge is 2.41. The normalized spacial score (nSPS) is 15.8. The number of benzene rings is 4. The van der Waals surface area contributed by atoms with Gasteiger partial charge in [-0.25, -0.2) is 12.7 Å². The number of aldehydes is 1. The highest BCUT2D eigenvalue weighted by atomic mass is 32.2. The number of allylic oxidation sites excluding steroid dienone is 1. The van der Waals surface area contributed by atoms with E-state index in [4.69, 9.17) is 0 Å². The van der Waals surface area contributed by atoms with Crippen LogP contribution in [0.3, 0.4) is 0 Å². The summed E-state index contributed by atoms with van der Waals surface area (Å²) in [7, 11) is -4.13. The fourth-order valence-corrected chi connectivity index (χ4v) is 7.42. The van der Waals surface area contributed by atoms with Gasteiger partial charge in [0.05, 0.1) is 16.3 Å². The molecule has 1 N–H and O–H groups in total. The Bertz CT molecular complexity index is 1790. The Kier molecular flexibility index (Phi) is 7.64. The number of rotatable bonds is 5. The molecule has 5 rings (SSSR count). The Hall–Kier alpha value is -4.16. The third-order valence-electron chi connectivity index (χ3n) is 8.07. The standard InChI is InChI=1S/C37H39NO4S/c1-24-17-19-27(20-18-24)43(41,42)38-32-16-12-11-15-28(32)33(29(23-39)34(38)25-13-9-8-10-14-25)26-21-30(36(2,3)4)35(40)31(22-26)37(5,6)7/h8-23,33,40H,1-7H3/t33-/m1/s1. The molecule has 6 heteroatoms. The predicted molar refractivity (Wildman–Crippen MR) is 174 cm³/mol. The number of phenolic OH excluding ortho intramolecular Hbond substituents is 1. The SMILES string of the molecule is Cc1ccc(S(=O)(=O)N2C(c3ccccc3)=C(C=O)[C@H](c3cc(C(C)(C)C)c(O)c(C(C)(C)C)c3)c3ccccc32)cc1.